The van der Waals surface area contributed by atoms with Gasteiger partial charge in [0.2, 0.25) is 11.8 Å². The van der Waals surface area contributed by atoms with Crippen LogP contribution < -0.4 is 5.32 Å². The zero-order valence-electron chi connectivity index (χ0n) is 15.1. The third-order valence-electron chi connectivity index (χ3n) is 5.00. The highest BCUT2D eigenvalue weighted by atomic mass is 32.1. The van der Waals surface area contributed by atoms with Crippen LogP contribution in [0.15, 0.2) is 5.38 Å². The number of likely N-dealkylation sites (tertiary alicyclic amines) is 2. The summed E-state index contributed by atoms with van der Waals surface area (Å²) in [4.78, 5) is 31.4. The molecule has 2 amide bonds. The lowest BCUT2D eigenvalue weighted by Gasteiger charge is -2.29. The number of hydrogen-bond acceptors (Lipinski definition) is 5. The molecule has 0 aromatic carbocycles. The molecule has 2 aliphatic rings. The number of aromatic nitrogens is 1. The summed E-state index contributed by atoms with van der Waals surface area (Å²) in [7, 11) is 0. The molecule has 10 heteroatoms. The summed E-state index contributed by atoms with van der Waals surface area (Å²) >= 11 is 1.29. The molecule has 27 heavy (non-hydrogen) atoms. The standard InChI is InChI=1S/C17H23F3N4O2S/c1-11-2-4-23(5-3-11)8-13-9-27-16(21-13)22-15(26)12-6-14(25)24(7-12)10-17(18,19)20/h9,11-12H,2-8,10H2,1H3,(H,21,22,26). The molecule has 0 spiro atoms. The van der Waals surface area contributed by atoms with Crippen molar-refractivity contribution in [2.75, 3.05) is 31.5 Å². The molecule has 3 rings (SSSR count). The average Bonchev–Trinajstić information content (AvgIpc) is 3.15. The van der Waals surface area contributed by atoms with Crippen LogP contribution in [-0.4, -0.2) is 59.0 Å². The number of halogens is 3. The Morgan fingerprint density at radius 1 is 1.37 bits per heavy atom. The monoisotopic (exact) mass is 404 g/mol. The topological polar surface area (TPSA) is 65.5 Å². The Morgan fingerprint density at radius 3 is 2.74 bits per heavy atom. The van der Waals surface area contributed by atoms with E-state index in [2.05, 4.69) is 22.1 Å². The van der Waals surface area contributed by atoms with Gasteiger partial charge in [-0.05, 0) is 31.8 Å². The fraction of sp³-hybridized carbons (Fsp3) is 0.706. The van der Waals surface area contributed by atoms with E-state index in [1.807, 2.05) is 5.38 Å². The van der Waals surface area contributed by atoms with Gasteiger partial charge in [-0.15, -0.1) is 11.3 Å². The van der Waals surface area contributed by atoms with Gasteiger partial charge < -0.3 is 10.2 Å². The van der Waals surface area contributed by atoms with Crippen LogP contribution in [0.1, 0.15) is 31.9 Å². The number of piperidine rings is 1. The van der Waals surface area contributed by atoms with E-state index in [4.69, 9.17) is 0 Å². The number of nitrogens with zero attached hydrogens (tertiary/aromatic N) is 3. The Morgan fingerprint density at radius 2 is 2.07 bits per heavy atom. The van der Waals surface area contributed by atoms with Crippen molar-refractivity contribution in [1.29, 1.82) is 0 Å². The van der Waals surface area contributed by atoms with Gasteiger partial charge in [-0.1, -0.05) is 6.92 Å². The highest BCUT2D eigenvalue weighted by molar-refractivity contribution is 7.13. The van der Waals surface area contributed by atoms with Crippen LogP contribution in [0.25, 0.3) is 0 Å². The molecule has 0 bridgehead atoms. The molecule has 1 aromatic heterocycles. The minimum atomic E-state index is -4.46. The smallest absolute Gasteiger partial charge is 0.333 e. The molecule has 1 N–H and O–H groups in total. The summed E-state index contributed by atoms with van der Waals surface area (Å²) in [6.07, 6.45) is -2.33. The third-order valence-corrected chi connectivity index (χ3v) is 5.81. The van der Waals surface area contributed by atoms with Gasteiger partial charge in [0.15, 0.2) is 5.13 Å². The number of amides is 2. The first-order chi connectivity index (χ1) is 12.7. The molecular formula is C17H23F3N4O2S. The van der Waals surface area contributed by atoms with E-state index in [-0.39, 0.29) is 13.0 Å². The Kier molecular flexibility index (Phi) is 6.05. The Labute approximate surface area is 159 Å². The van der Waals surface area contributed by atoms with Gasteiger partial charge in [0, 0.05) is 24.9 Å². The second-order valence-electron chi connectivity index (χ2n) is 7.38. The number of anilines is 1. The quantitative estimate of drug-likeness (QED) is 0.820. The van der Waals surface area contributed by atoms with Crippen molar-refractivity contribution in [3.63, 3.8) is 0 Å². The van der Waals surface area contributed by atoms with Crippen molar-refractivity contribution >= 4 is 28.3 Å². The van der Waals surface area contributed by atoms with Gasteiger partial charge in [0.1, 0.15) is 6.54 Å². The fourth-order valence-corrected chi connectivity index (χ4v) is 4.12. The van der Waals surface area contributed by atoms with Crippen LogP contribution >= 0.6 is 11.3 Å². The van der Waals surface area contributed by atoms with Crippen molar-refractivity contribution in [3.8, 4) is 0 Å². The van der Waals surface area contributed by atoms with Crippen molar-refractivity contribution in [2.45, 2.75) is 38.9 Å². The normalized spacial score (nSPS) is 22.4. The maximum atomic E-state index is 12.5. The van der Waals surface area contributed by atoms with E-state index in [1.54, 1.807) is 0 Å². The van der Waals surface area contributed by atoms with E-state index >= 15 is 0 Å². The highest BCUT2D eigenvalue weighted by Gasteiger charge is 2.40. The molecule has 150 valence electrons. The van der Waals surface area contributed by atoms with Crippen LogP contribution in [0.4, 0.5) is 18.3 Å². The summed E-state index contributed by atoms with van der Waals surface area (Å²) in [6, 6.07) is 0. The zero-order valence-corrected chi connectivity index (χ0v) is 15.9. The Bertz CT molecular complexity index is 686. The van der Waals surface area contributed by atoms with Crippen molar-refractivity contribution in [2.24, 2.45) is 11.8 Å². The molecule has 1 unspecified atom stereocenters. The predicted octanol–water partition coefficient (Wildman–Crippen LogP) is 2.72. The number of rotatable bonds is 5. The van der Waals surface area contributed by atoms with Gasteiger partial charge in [0.25, 0.3) is 0 Å². The van der Waals surface area contributed by atoms with E-state index in [0.717, 1.165) is 44.1 Å². The second kappa shape index (κ2) is 8.14. The molecule has 1 atom stereocenters. The minimum absolute atomic E-state index is 0.202. The summed E-state index contributed by atoms with van der Waals surface area (Å²) in [5.41, 5.74) is 0.867. The van der Waals surface area contributed by atoms with Crippen LogP contribution in [0.3, 0.4) is 0 Å². The molecule has 0 aliphatic carbocycles. The molecule has 1 aromatic rings. The largest absolute Gasteiger partial charge is 0.406 e. The fourth-order valence-electron chi connectivity index (χ4n) is 3.41. The molecule has 0 radical (unpaired) electrons. The van der Waals surface area contributed by atoms with Gasteiger partial charge in [0.05, 0.1) is 11.6 Å². The molecule has 2 saturated heterocycles. The first-order valence-electron chi connectivity index (χ1n) is 9.02. The number of alkyl halides is 3. The summed E-state index contributed by atoms with van der Waals surface area (Å²) in [5.74, 6) is -1.14. The van der Waals surface area contributed by atoms with E-state index in [0.29, 0.717) is 10.0 Å². The SMILES string of the molecule is CC1CCN(Cc2csc(NC(=O)C3CC(=O)N(CC(F)(F)F)C3)n2)CC1. The van der Waals surface area contributed by atoms with Crippen molar-refractivity contribution < 1.29 is 22.8 Å². The first kappa shape index (κ1) is 20.1. The summed E-state index contributed by atoms with van der Waals surface area (Å²) in [5, 5.41) is 4.94. The highest BCUT2D eigenvalue weighted by Crippen LogP contribution is 2.26. The van der Waals surface area contributed by atoms with Crippen LogP contribution in [0.5, 0.6) is 0 Å². The first-order valence-corrected chi connectivity index (χ1v) is 9.89. The second-order valence-corrected chi connectivity index (χ2v) is 8.24. The van der Waals surface area contributed by atoms with Gasteiger partial charge in [-0.3, -0.25) is 14.5 Å². The maximum Gasteiger partial charge on any atom is 0.406 e. The van der Waals surface area contributed by atoms with Gasteiger partial charge in [-0.25, -0.2) is 4.98 Å². The van der Waals surface area contributed by atoms with E-state index in [1.165, 1.54) is 11.3 Å². The van der Waals surface area contributed by atoms with Gasteiger partial charge in [-0.2, -0.15) is 13.2 Å². The van der Waals surface area contributed by atoms with Gasteiger partial charge >= 0.3 is 6.18 Å². The minimum Gasteiger partial charge on any atom is -0.333 e. The Hall–Kier alpha value is -1.68. The zero-order chi connectivity index (χ0) is 19.6. The summed E-state index contributed by atoms with van der Waals surface area (Å²) < 4.78 is 37.4. The molecule has 2 aliphatic heterocycles. The number of thiazole rings is 1. The lowest BCUT2D eigenvalue weighted by atomic mass is 9.99. The third kappa shape index (κ3) is 5.65. The average molecular weight is 404 g/mol. The van der Waals surface area contributed by atoms with Crippen LogP contribution in [-0.2, 0) is 16.1 Å². The van der Waals surface area contributed by atoms with E-state index < -0.39 is 30.5 Å². The Balaban J connectivity index is 1.50. The van der Waals surface area contributed by atoms with Crippen LogP contribution in [0, 0.1) is 11.8 Å². The maximum absolute atomic E-state index is 12.5. The lowest BCUT2D eigenvalue weighted by molar-refractivity contribution is -0.157. The number of carbonyl (C=O) groups excluding carboxylic acids is 2. The van der Waals surface area contributed by atoms with Crippen LogP contribution in [0.2, 0.25) is 0 Å². The molecule has 0 saturated carbocycles. The molecule has 2 fully saturated rings. The van der Waals surface area contributed by atoms with Crippen molar-refractivity contribution in [3.05, 3.63) is 11.1 Å². The number of nitrogens with one attached hydrogen (secondary N) is 1. The van der Waals surface area contributed by atoms with E-state index in [9.17, 15) is 22.8 Å². The summed E-state index contributed by atoms with van der Waals surface area (Å²) in [6.45, 7) is 3.50. The molecular weight excluding hydrogens is 381 g/mol. The number of hydrogen-bond donors (Lipinski definition) is 1. The van der Waals surface area contributed by atoms with Crippen molar-refractivity contribution in [1.82, 2.24) is 14.8 Å². The number of carbonyl (C=O) groups is 2. The molecule has 3 heterocycles. The lowest BCUT2D eigenvalue weighted by Crippen LogP contribution is -2.36. The predicted molar refractivity (Wildman–Crippen MR) is 95.2 cm³/mol. The molecule has 6 nitrogen and oxygen atoms in total.